The van der Waals surface area contributed by atoms with Gasteiger partial charge in [-0.2, -0.15) is 0 Å². The fourth-order valence-corrected chi connectivity index (χ4v) is 7.80. The van der Waals surface area contributed by atoms with E-state index in [0.717, 1.165) is 30.6 Å². The van der Waals surface area contributed by atoms with E-state index in [-0.39, 0.29) is 12.8 Å². The van der Waals surface area contributed by atoms with Crippen LogP contribution in [0.15, 0.2) is 0 Å². The Morgan fingerprint density at radius 2 is 0.969 bits per heavy atom. The van der Waals surface area contributed by atoms with Gasteiger partial charge in [0.2, 0.25) is 0 Å². The van der Waals surface area contributed by atoms with E-state index in [9.17, 15) is 22.0 Å². The summed E-state index contributed by atoms with van der Waals surface area (Å²) >= 11 is 0. The molecule has 186 valence electrons. The second-order valence-corrected chi connectivity index (χ2v) is 12.1. The summed E-state index contributed by atoms with van der Waals surface area (Å²) in [6.07, 6.45) is 6.48. The van der Waals surface area contributed by atoms with Crippen molar-refractivity contribution in [2.24, 2.45) is 41.4 Å². The van der Waals surface area contributed by atoms with Crippen molar-refractivity contribution in [2.75, 3.05) is 0 Å². The lowest BCUT2D eigenvalue weighted by Crippen LogP contribution is -2.41. The van der Waals surface area contributed by atoms with E-state index in [4.69, 9.17) is 0 Å². The van der Waals surface area contributed by atoms with Gasteiger partial charge in [-0.05, 0) is 113 Å². The first-order valence-corrected chi connectivity index (χ1v) is 13.5. The van der Waals surface area contributed by atoms with Crippen LogP contribution in [0, 0.1) is 41.4 Å². The third kappa shape index (κ3) is 5.82. The first-order valence-electron chi connectivity index (χ1n) is 13.5. The summed E-state index contributed by atoms with van der Waals surface area (Å²) < 4.78 is 70.6. The van der Waals surface area contributed by atoms with E-state index in [1.807, 2.05) is 0 Å². The van der Waals surface area contributed by atoms with Crippen LogP contribution in [0.4, 0.5) is 22.0 Å². The van der Waals surface area contributed by atoms with Crippen molar-refractivity contribution in [3.8, 4) is 0 Å². The molecule has 5 heteroatoms. The number of hydrogen-bond donors (Lipinski definition) is 0. The Hall–Kier alpha value is -0.350. The lowest BCUT2D eigenvalue weighted by atomic mass is 9.64. The molecule has 0 nitrogen and oxygen atoms in total. The number of rotatable bonds is 5. The van der Waals surface area contributed by atoms with Gasteiger partial charge in [-0.25, -0.2) is 22.0 Å². The summed E-state index contributed by atoms with van der Waals surface area (Å²) in [5, 5.41) is 0. The largest absolute Gasteiger partial charge is 0.251 e. The minimum atomic E-state index is -2.89. The molecule has 0 aromatic rings. The monoisotopic (exact) mass is 462 g/mol. The molecule has 0 amide bonds. The highest BCUT2D eigenvalue weighted by Crippen LogP contribution is 2.49. The van der Waals surface area contributed by atoms with Gasteiger partial charge in [0.25, 0.3) is 5.92 Å². The summed E-state index contributed by atoms with van der Waals surface area (Å²) in [7, 11) is 0. The SMILES string of the molecule is CC1CCC(C2CCC(C3CCC(C(F)(F)CC4CC(F)C(F)C(F)C4)CC3)CC2)CC1. The Morgan fingerprint density at radius 3 is 1.41 bits per heavy atom. The minimum Gasteiger partial charge on any atom is -0.244 e. The standard InChI is InChI=1S/C27H43F5/c1-17-2-4-19(5-3-17)20-6-8-21(9-7-20)22-10-12-23(13-11-22)27(31,32)16-18-14-24(28)26(30)25(29)15-18/h17-26H,2-16H2,1H3. The average Bonchev–Trinajstić information content (AvgIpc) is 2.78. The highest BCUT2D eigenvalue weighted by atomic mass is 19.3. The number of halogens is 5. The van der Waals surface area contributed by atoms with Gasteiger partial charge >= 0.3 is 0 Å². The molecule has 2 unspecified atom stereocenters. The second kappa shape index (κ2) is 10.5. The average molecular weight is 463 g/mol. The van der Waals surface area contributed by atoms with Crippen molar-refractivity contribution in [2.45, 2.75) is 128 Å². The molecule has 0 bridgehead atoms. The molecule has 0 aromatic heterocycles. The van der Waals surface area contributed by atoms with Gasteiger partial charge in [-0.15, -0.1) is 0 Å². The zero-order chi connectivity index (χ0) is 22.9. The molecular formula is C27H43F5. The fraction of sp³-hybridized carbons (Fsp3) is 1.00. The highest BCUT2D eigenvalue weighted by molar-refractivity contribution is 4.92. The quantitative estimate of drug-likeness (QED) is 0.358. The van der Waals surface area contributed by atoms with E-state index < -0.39 is 42.7 Å². The van der Waals surface area contributed by atoms with Crippen molar-refractivity contribution in [3.05, 3.63) is 0 Å². The predicted molar refractivity (Wildman–Crippen MR) is 119 cm³/mol. The molecular weight excluding hydrogens is 419 g/mol. The van der Waals surface area contributed by atoms with E-state index in [2.05, 4.69) is 6.92 Å². The molecule has 0 heterocycles. The Morgan fingerprint density at radius 1 is 0.594 bits per heavy atom. The Balaban J connectivity index is 1.20. The van der Waals surface area contributed by atoms with E-state index in [1.54, 1.807) is 0 Å². The van der Waals surface area contributed by atoms with Crippen LogP contribution >= 0.6 is 0 Å². The molecule has 0 N–H and O–H groups in total. The lowest BCUT2D eigenvalue weighted by molar-refractivity contribution is -0.107. The molecule has 4 fully saturated rings. The van der Waals surface area contributed by atoms with Gasteiger partial charge in [0, 0.05) is 12.3 Å². The Labute approximate surface area is 191 Å². The normalized spacial score (nSPS) is 46.7. The zero-order valence-corrected chi connectivity index (χ0v) is 19.8. The molecule has 4 rings (SSSR count). The van der Waals surface area contributed by atoms with Crippen LogP contribution < -0.4 is 0 Å². The van der Waals surface area contributed by atoms with Crippen LogP contribution in [0.5, 0.6) is 0 Å². The summed E-state index contributed by atoms with van der Waals surface area (Å²) in [4.78, 5) is 0. The van der Waals surface area contributed by atoms with Crippen molar-refractivity contribution in [3.63, 3.8) is 0 Å². The summed E-state index contributed by atoms with van der Waals surface area (Å²) in [6, 6.07) is 0. The maximum Gasteiger partial charge on any atom is 0.251 e. The van der Waals surface area contributed by atoms with Gasteiger partial charge in [0.05, 0.1) is 0 Å². The smallest absolute Gasteiger partial charge is 0.244 e. The van der Waals surface area contributed by atoms with Crippen molar-refractivity contribution >= 4 is 0 Å². The Bertz CT molecular complexity index is 559. The van der Waals surface area contributed by atoms with Crippen LogP contribution in [-0.2, 0) is 0 Å². The molecule has 0 aliphatic heterocycles. The molecule has 4 aliphatic carbocycles. The third-order valence-electron chi connectivity index (χ3n) is 9.95. The van der Waals surface area contributed by atoms with Crippen LogP contribution in [0.2, 0.25) is 0 Å². The molecule has 4 aliphatic rings. The van der Waals surface area contributed by atoms with Gasteiger partial charge in [0.1, 0.15) is 12.3 Å². The molecule has 2 atom stereocenters. The summed E-state index contributed by atoms with van der Waals surface area (Å²) in [5.74, 6) is -0.361. The topological polar surface area (TPSA) is 0 Å². The van der Waals surface area contributed by atoms with Crippen LogP contribution in [-0.4, -0.2) is 24.4 Å². The highest BCUT2D eigenvalue weighted by Gasteiger charge is 2.47. The van der Waals surface area contributed by atoms with Crippen molar-refractivity contribution in [1.29, 1.82) is 0 Å². The van der Waals surface area contributed by atoms with Gasteiger partial charge in [-0.1, -0.05) is 19.8 Å². The molecule has 32 heavy (non-hydrogen) atoms. The fourth-order valence-electron chi connectivity index (χ4n) is 7.80. The summed E-state index contributed by atoms with van der Waals surface area (Å²) in [5.41, 5.74) is 0. The maximum absolute atomic E-state index is 15.0. The molecule has 0 aromatic carbocycles. The van der Waals surface area contributed by atoms with E-state index >= 15 is 0 Å². The first-order chi connectivity index (χ1) is 15.2. The minimum absolute atomic E-state index is 0.268. The van der Waals surface area contributed by atoms with Gasteiger partial charge < -0.3 is 0 Å². The number of hydrogen-bond acceptors (Lipinski definition) is 0. The van der Waals surface area contributed by atoms with E-state index in [1.165, 1.54) is 51.4 Å². The van der Waals surface area contributed by atoms with Gasteiger partial charge in [0.15, 0.2) is 6.17 Å². The molecule has 4 saturated carbocycles. The molecule has 0 radical (unpaired) electrons. The van der Waals surface area contributed by atoms with Crippen LogP contribution in [0.25, 0.3) is 0 Å². The second-order valence-electron chi connectivity index (χ2n) is 12.1. The maximum atomic E-state index is 15.0. The van der Waals surface area contributed by atoms with Gasteiger partial charge in [-0.3, -0.25) is 0 Å². The summed E-state index contributed by atoms with van der Waals surface area (Å²) in [6.45, 7) is 2.37. The lowest BCUT2D eigenvalue weighted by Gasteiger charge is -2.42. The van der Waals surface area contributed by atoms with Crippen molar-refractivity contribution in [1.82, 2.24) is 0 Å². The Kier molecular flexibility index (Phi) is 8.13. The predicted octanol–water partition coefficient (Wildman–Crippen LogP) is 8.88. The van der Waals surface area contributed by atoms with E-state index in [0.29, 0.717) is 24.7 Å². The third-order valence-corrected chi connectivity index (χ3v) is 9.95. The number of alkyl halides is 5. The zero-order valence-electron chi connectivity index (χ0n) is 19.8. The van der Waals surface area contributed by atoms with Crippen LogP contribution in [0.1, 0.15) is 103 Å². The first kappa shape index (κ1) is 24.8. The van der Waals surface area contributed by atoms with Crippen LogP contribution in [0.3, 0.4) is 0 Å². The van der Waals surface area contributed by atoms with Crippen molar-refractivity contribution < 1.29 is 22.0 Å². The molecule has 0 saturated heterocycles. The molecule has 0 spiro atoms.